The Morgan fingerprint density at radius 3 is 2.67 bits per heavy atom. The minimum Gasteiger partial charge on any atom is -0.496 e. The largest absolute Gasteiger partial charge is 0.496 e. The van der Waals surface area contributed by atoms with Crippen LogP contribution in [0.2, 0.25) is 0 Å². The van der Waals surface area contributed by atoms with Gasteiger partial charge in [0.05, 0.1) is 11.6 Å². The average molecular weight is 316 g/mol. The van der Waals surface area contributed by atoms with E-state index in [1.54, 1.807) is 7.11 Å². The molecular formula is C14H22BrNO2. The van der Waals surface area contributed by atoms with Crippen molar-refractivity contribution in [1.29, 1.82) is 0 Å². The molecule has 0 atom stereocenters. The van der Waals surface area contributed by atoms with Crippen molar-refractivity contribution in [3.63, 3.8) is 0 Å². The van der Waals surface area contributed by atoms with Crippen LogP contribution in [0.5, 0.6) is 5.75 Å². The maximum Gasteiger partial charge on any atom is 0.133 e. The first kappa shape index (κ1) is 15.5. The van der Waals surface area contributed by atoms with E-state index in [4.69, 9.17) is 9.84 Å². The minimum atomic E-state index is 0.0459. The number of halogens is 1. The highest BCUT2D eigenvalue weighted by molar-refractivity contribution is 9.10. The van der Waals surface area contributed by atoms with Crippen LogP contribution in [0.15, 0.2) is 22.7 Å². The van der Waals surface area contributed by atoms with E-state index in [0.29, 0.717) is 0 Å². The van der Waals surface area contributed by atoms with Crippen LogP contribution in [0.3, 0.4) is 0 Å². The van der Waals surface area contributed by atoms with Crippen molar-refractivity contribution in [3.05, 3.63) is 28.2 Å². The zero-order chi connectivity index (χ0) is 13.6. The molecule has 18 heavy (non-hydrogen) atoms. The van der Waals surface area contributed by atoms with Gasteiger partial charge in [-0.05, 0) is 46.6 Å². The van der Waals surface area contributed by atoms with Gasteiger partial charge in [-0.15, -0.1) is 0 Å². The fraction of sp³-hybridized carbons (Fsp3) is 0.571. The summed E-state index contributed by atoms with van der Waals surface area (Å²) in [6.07, 6.45) is 0.794. The van der Waals surface area contributed by atoms with Gasteiger partial charge in [-0.1, -0.05) is 19.9 Å². The molecule has 0 unspecified atom stereocenters. The van der Waals surface area contributed by atoms with Gasteiger partial charge in [0.15, 0.2) is 0 Å². The van der Waals surface area contributed by atoms with Gasteiger partial charge >= 0.3 is 0 Å². The smallest absolute Gasteiger partial charge is 0.133 e. The molecule has 0 amide bonds. The van der Waals surface area contributed by atoms with Gasteiger partial charge in [-0.2, -0.15) is 0 Å². The fourth-order valence-electron chi connectivity index (χ4n) is 1.79. The molecule has 0 saturated carbocycles. The van der Waals surface area contributed by atoms with Gasteiger partial charge in [-0.3, -0.25) is 0 Å². The SMILES string of the molecule is COc1ccc(C(C)(C)CNCCCO)cc1Br. The summed E-state index contributed by atoms with van der Waals surface area (Å²) in [4.78, 5) is 0. The summed E-state index contributed by atoms with van der Waals surface area (Å²) in [6, 6.07) is 6.18. The summed E-state index contributed by atoms with van der Waals surface area (Å²) < 4.78 is 6.21. The molecule has 0 bridgehead atoms. The number of hydrogen-bond donors (Lipinski definition) is 2. The highest BCUT2D eigenvalue weighted by Crippen LogP contribution is 2.31. The molecule has 0 aliphatic heterocycles. The van der Waals surface area contributed by atoms with Crippen LogP contribution in [-0.2, 0) is 5.41 Å². The number of hydrogen-bond acceptors (Lipinski definition) is 3. The molecule has 0 radical (unpaired) electrons. The lowest BCUT2D eigenvalue weighted by Crippen LogP contribution is -2.33. The number of ether oxygens (including phenoxy) is 1. The number of benzene rings is 1. The molecule has 0 aliphatic carbocycles. The molecule has 1 rings (SSSR count). The van der Waals surface area contributed by atoms with Crippen LogP contribution in [0, 0.1) is 0 Å². The standard InChI is InChI=1S/C14H22BrNO2/c1-14(2,10-16-7-4-8-17)11-5-6-13(18-3)12(15)9-11/h5-6,9,16-17H,4,7-8,10H2,1-3H3. The Balaban J connectivity index is 2.69. The molecule has 1 aromatic carbocycles. The first-order chi connectivity index (χ1) is 8.51. The maximum atomic E-state index is 8.75. The Hall–Kier alpha value is -0.580. The molecule has 102 valence electrons. The van der Waals surface area contributed by atoms with E-state index >= 15 is 0 Å². The van der Waals surface area contributed by atoms with Crippen LogP contribution in [0.4, 0.5) is 0 Å². The van der Waals surface area contributed by atoms with Gasteiger partial charge in [0, 0.05) is 18.6 Å². The lowest BCUT2D eigenvalue weighted by molar-refractivity contribution is 0.284. The molecule has 2 N–H and O–H groups in total. The Morgan fingerprint density at radius 2 is 2.11 bits per heavy atom. The van der Waals surface area contributed by atoms with Crippen molar-refractivity contribution in [2.24, 2.45) is 0 Å². The van der Waals surface area contributed by atoms with Gasteiger partial charge in [0.1, 0.15) is 5.75 Å². The van der Waals surface area contributed by atoms with E-state index in [1.807, 2.05) is 6.07 Å². The number of aliphatic hydroxyl groups is 1. The van der Waals surface area contributed by atoms with Gasteiger partial charge in [-0.25, -0.2) is 0 Å². The zero-order valence-electron chi connectivity index (χ0n) is 11.3. The highest BCUT2D eigenvalue weighted by atomic mass is 79.9. The summed E-state index contributed by atoms with van der Waals surface area (Å²) in [6.45, 7) is 6.37. The van der Waals surface area contributed by atoms with Crippen molar-refractivity contribution in [2.45, 2.75) is 25.7 Å². The van der Waals surface area contributed by atoms with Gasteiger partial charge in [0.2, 0.25) is 0 Å². The van der Waals surface area contributed by atoms with E-state index in [0.717, 1.165) is 29.7 Å². The second kappa shape index (κ2) is 7.12. The third-order valence-electron chi connectivity index (χ3n) is 3.01. The Bertz CT molecular complexity index is 380. The van der Waals surface area contributed by atoms with Crippen LogP contribution >= 0.6 is 15.9 Å². The Kier molecular flexibility index (Phi) is 6.12. The number of methoxy groups -OCH3 is 1. The van der Waals surface area contributed by atoms with Crippen molar-refractivity contribution >= 4 is 15.9 Å². The van der Waals surface area contributed by atoms with E-state index < -0.39 is 0 Å². The van der Waals surface area contributed by atoms with E-state index in [-0.39, 0.29) is 12.0 Å². The number of nitrogens with one attached hydrogen (secondary N) is 1. The van der Waals surface area contributed by atoms with Crippen LogP contribution < -0.4 is 10.1 Å². The maximum absolute atomic E-state index is 8.75. The molecular weight excluding hydrogens is 294 g/mol. The monoisotopic (exact) mass is 315 g/mol. The van der Waals surface area contributed by atoms with Crippen molar-refractivity contribution < 1.29 is 9.84 Å². The third kappa shape index (κ3) is 4.26. The lowest BCUT2D eigenvalue weighted by atomic mass is 9.84. The molecule has 4 heteroatoms. The fourth-order valence-corrected chi connectivity index (χ4v) is 2.34. The van der Waals surface area contributed by atoms with Crippen molar-refractivity contribution in [2.75, 3.05) is 26.8 Å². The number of rotatable bonds is 7. The second-order valence-electron chi connectivity index (χ2n) is 4.99. The second-order valence-corrected chi connectivity index (χ2v) is 5.84. The molecule has 3 nitrogen and oxygen atoms in total. The summed E-state index contributed by atoms with van der Waals surface area (Å²) in [5, 5.41) is 12.1. The van der Waals surface area contributed by atoms with Gasteiger partial charge in [0.25, 0.3) is 0 Å². The zero-order valence-corrected chi connectivity index (χ0v) is 12.9. The first-order valence-electron chi connectivity index (χ1n) is 6.17. The predicted octanol–water partition coefficient (Wildman–Crippen LogP) is 2.71. The molecule has 1 aromatic rings. The first-order valence-corrected chi connectivity index (χ1v) is 6.96. The van der Waals surface area contributed by atoms with Crippen LogP contribution in [0.25, 0.3) is 0 Å². The summed E-state index contributed by atoms with van der Waals surface area (Å²) >= 11 is 3.51. The van der Waals surface area contributed by atoms with Crippen molar-refractivity contribution in [1.82, 2.24) is 5.32 Å². The number of aliphatic hydroxyl groups excluding tert-OH is 1. The van der Waals surface area contributed by atoms with Gasteiger partial charge < -0.3 is 15.2 Å². The van der Waals surface area contributed by atoms with Crippen molar-refractivity contribution in [3.8, 4) is 5.75 Å². The predicted molar refractivity (Wildman–Crippen MR) is 78.3 cm³/mol. The third-order valence-corrected chi connectivity index (χ3v) is 3.63. The van der Waals surface area contributed by atoms with Crippen LogP contribution in [-0.4, -0.2) is 31.9 Å². The average Bonchev–Trinajstić information content (AvgIpc) is 2.34. The normalized spacial score (nSPS) is 11.6. The Labute approximate surface area is 118 Å². The molecule has 0 heterocycles. The summed E-state index contributed by atoms with van der Waals surface area (Å²) in [5.74, 6) is 0.850. The lowest BCUT2D eigenvalue weighted by Gasteiger charge is -2.26. The van der Waals surface area contributed by atoms with E-state index in [9.17, 15) is 0 Å². The molecule has 0 aromatic heterocycles. The Morgan fingerprint density at radius 1 is 1.39 bits per heavy atom. The summed E-state index contributed by atoms with van der Waals surface area (Å²) in [7, 11) is 1.67. The quantitative estimate of drug-likeness (QED) is 0.760. The molecule has 0 saturated heterocycles. The van der Waals surface area contributed by atoms with E-state index in [1.165, 1.54) is 5.56 Å². The minimum absolute atomic E-state index is 0.0459. The van der Waals surface area contributed by atoms with Crippen LogP contribution in [0.1, 0.15) is 25.8 Å². The highest BCUT2D eigenvalue weighted by Gasteiger charge is 2.21. The topological polar surface area (TPSA) is 41.5 Å². The van der Waals surface area contributed by atoms with E-state index in [2.05, 4.69) is 47.2 Å². The molecule has 0 aliphatic rings. The molecule has 0 fully saturated rings. The molecule has 0 spiro atoms. The summed E-state index contributed by atoms with van der Waals surface area (Å²) in [5.41, 5.74) is 1.30.